The highest BCUT2D eigenvalue weighted by molar-refractivity contribution is 5.45. The van der Waals surface area contributed by atoms with Gasteiger partial charge in [-0.2, -0.15) is 0 Å². The molecule has 0 saturated heterocycles. The van der Waals surface area contributed by atoms with Crippen molar-refractivity contribution in [1.29, 1.82) is 0 Å². The molecule has 1 aliphatic carbocycles. The van der Waals surface area contributed by atoms with E-state index in [4.69, 9.17) is 25.3 Å². The minimum absolute atomic E-state index is 0.205. The largest absolute Gasteiger partial charge is 0.497 e. The molecule has 2 aliphatic rings. The maximum Gasteiger partial charge on any atom is 0.155 e. The van der Waals surface area contributed by atoms with Gasteiger partial charge in [0.25, 0.3) is 0 Å². The lowest BCUT2D eigenvalue weighted by atomic mass is 10.0. The van der Waals surface area contributed by atoms with Gasteiger partial charge in [-0.05, 0) is 25.0 Å². The third-order valence-corrected chi connectivity index (χ3v) is 4.71. The second kappa shape index (κ2) is 6.77. The van der Waals surface area contributed by atoms with Crippen LogP contribution in [0.15, 0.2) is 35.1 Å². The summed E-state index contributed by atoms with van der Waals surface area (Å²) in [7, 11) is 3.26. The molecule has 1 aromatic heterocycles. The summed E-state index contributed by atoms with van der Waals surface area (Å²) in [6.07, 6.45) is 11.5. The highest BCUT2D eigenvalue weighted by Crippen LogP contribution is 2.44. The van der Waals surface area contributed by atoms with E-state index in [1.807, 2.05) is 24.3 Å². The topological polar surface area (TPSA) is 57.0 Å². The molecular formula is C20H20N2O4. The molecule has 1 saturated carbocycles. The average molecular weight is 352 g/mol. The molecule has 1 atom stereocenters. The van der Waals surface area contributed by atoms with Gasteiger partial charge in [-0.25, -0.2) is 0 Å². The third-order valence-electron chi connectivity index (χ3n) is 4.71. The maximum atomic E-state index is 5.74. The molecule has 0 radical (unpaired) electrons. The van der Waals surface area contributed by atoms with Crippen molar-refractivity contribution in [1.82, 2.24) is 10.2 Å². The van der Waals surface area contributed by atoms with E-state index in [-0.39, 0.29) is 6.04 Å². The lowest BCUT2D eigenvalue weighted by Gasteiger charge is -2.22. The van der Waals surface area contributed by atoms with Crippen molar-refractivity contribution < 1.29 is 18.8 Å². The SMILES string of the molecule is C#Cc1c(C2C=CON2Cc2ccc(OC)cc2OC)noc1C1CC1. The van der Waals surface area contributed by atoms with E-state index >= 15 is 0 Å². The van der Waals surface area contributed by atoms with Gasteiger partial charge >= 0.3 is 0 Å². The van der Waals surface area contributed by atoms with Gasteiger partial charge < -0.3 is 18.8 Å². The first-order valence-electron chi connectivity index (χ1n) is 8.52. The summed E-state index contributed by atoms with van der Waals surface area (Å²) in [5, 5.41) is 6.06. The first-order valence-corrected chi connectivity index (χ1v) is 8.52. The smallest absolute Gasteiger partial charge is 0.155 e. The van der Waals surface area contributed by atoms with Crippen molar-refractivity contribution in [3.05, 3.63) is 53.1 Å². The number of methoxy groups -OCH3 is 2. The Balaban J connectivity index is 1.60. The van der Waals surface area contributed by atoms with Crippen LogP contribution in [0.1, 0.15) is 47.4 Å². The number of ether oxygens (including phenoxy) is 2. The van der Waals surface area contributed by atoms with Crippen molar-refractivity contribution in [3.8, 4) is 23.8 Å². The Kier molecular flexibility index (Phi) is 4.31. The van der Waals surface area contributed by atoms with Gasteiger partial charge in [0.05, 0.1) is 26.3 Å². The monoisotopic (exact) mass is 352 g/mol. The predicted molar refractivity (Wildman–Crippen MR) is 94.5 cm³/mol. The van der Waals surface area contributed by atoms with Crippen molar-refractivity contribution in [2.24, 2.45) is 0 Å². The molecule has 4 rings (SSSR count). The minimum atomic E-state index is -0.205. The molecule has 6 nitrogen and oxygen atoms in total. The average Bonchev–Trinajstić information content (AvgIpc) is 3.27. The van der Waals surface area contributed by atoms with Gasteiger partial charge in [0.1, 0.15) is 29.5 Å². The van der Waals surface area contributed by atoms with Crippen LogP contribution >= 0.6 is 0 Å². The second-order valence-electron chi connectivity index (χ2n) is 6.36. The second-order valence-corrected chi connectivity index (χ2v) is 6.36. The number of benzene rings is 1. The molecule has 2 aromatic rings. The lowest BCUT2D eigenvalue weighted by Crippen LogP contribution is -2.23. The Morgan fingerprint density at radius 3 is 2.85 bits per heavy atom. The van der Waals surface area contributed by atoms with Crippen molar-refractivity contribution in [2.75, 3.05) is 14.2 Å². The number of rotatable bonds is 6. The Hall–Kier alpha value is -2.91. The van der Waals surface area contributed by atoms with E-state index in [1.165, 1.54) is 0 Å². The standard InChI is InChI=1S/C20H20N2O4/c1-4-16-19(21-26-20(16)13-5-6-13)17-9-10-25-22(17)12-14-7-8-15(23-2)11-18(14)24-3/h1,7-11,13,17H,5-6,12H2,2-3H3. The quantitative estimate of drug-likeness (QED) is 0.741. The summed E-state index contributed by atoms with van der Waals surface area (Å²) >= 11 is 0. The van der Waals surface area contributed by atoms with E-state index in [0.29, 0.717) is 12.5 Å². The fourth-order valence-corrected chi connectivity index (χ4v) is 3.15. The zero-order valence-corrected chi connectivity index (χ0v) is 14.8. The van der Waals surface area contributed by atoms with Crippen LogP contribution in [0.5, 0.6) is 11.5 Å². The molecule has 0 N–H and O–H groups in total. The molecule has 1 aliphatic heterocycles. The molecule has 134 valence electrons. The van der Waals surface area contributed by atoms with Crippen molar-refractivity contribution >= 4 is 0 Å². The van der Waals surface area contributed by atoms with Crippen molar-refractivity contribution in [3.63, 3.8) is 0 Å². The first-order chi connectivity index (χ1) is 12.7. The third kappa shape index (κ3) is 2.91. The molecule has 1 unspecified atom stereocenters. The van der Waals surface area contributed by atoms with Gasteiger partial charge in [0.15, 0.2) is 5.76 Å². The lowest BCUT2D eigenvalue weighted by molar-refractivity contribution is -0.115. The fraction of sp³-hybridized carbons (Fsp3) is 0.350. The van der Waals surface area contributed by atoms with Crippen LogP contribution in [-0.2, 0) is 11.4 Å². The summed E-state index contributed by atoms with van der Waals surface area (Å²) in [4.78, 5) is 5.68. The van der Waals surface area contributed by atoms with Crippen LogP contribution in [0.3, 0.4) is 0 Å². The van der Waals surface area contributed by atoms with Crippen molar-refractivity contribution in [2.45, 2.75) is 31.3 Å². The highest BCUT2D eigenvalue weighted by Gasteiger charge is 2.36. The predicted octanol–water partition coefficient (Wildman–Crippen LogP) is 3.55. The number of hydrogen-bond donors (Lipinski definition) is 0. The Bertz CT molecular complexity index is 876. The zero-order chi connectivity index (χ0) is 18.1. The Morgan fingerprint density at radius 2 is 2.15 bits per heavy atom. The maximum absolute atomic E-state index is 5.74. The number of nitrogens with zero attached hydrogens (tertiary/aromatic N) is 2. The molecule has 1 fully saturated rings. The fourth-order valence-electron chi connectivity index (χ4n) is 3.15. The molecule has 0 bridgehead atoms. The van der Waals surface area contributed by atoms with Gasteiger partial charge in [0, 0.05) is 17.5 Å². The number of aromatic nitrogens is 1. The molecule has 0 amide bonds. The van der Waals surface area contributed by atoms with Crippen LogP contribution in [0.25, 0.3) is 0 Å². The summed E-state index contributed by atoms with van der Waals surface area (Å²) in [5.74, 6) is 5.45. The first kappa shape index (κ1) is 16.6. The van der Waals surface area contributed by atoms with E-state index in [1.54, 1.807) is 25.5 Å². The zero-order valence-electron chi connectivity index (χ0n) is 14.8. The van der Waals surface area contributed by atoms with Gasteiger partial charge in [-0.1, -0.05) is 17.1 Å². The molecule has 6 heteroatoms. The Labute approximate surface area is 152 Å². The Morgan fingerprint density at radius 1 is 1.31 bits per heavy atom. The molecule has 2 heterocycles. The summed E-state index contributed by atoms with van der Waals surface area (Å²) in [6, 6.07) is 5.49. The van der Waals surface area contributed by atoms with Gasteiger partial charge in [-0.15, -0.1) is 11.5 Å². The van der Waals surface area contributed by atoms with Crippen LogP contribution < -0.4 is 9.47 Å². The number of terminal acetylenes is 1. The summed E-state index contributed by atoms with van der Waals surface area (Å²) < 4.78 is 16.3. The van der Waals surface area contributed by atoms with Crippen LogP contribution in [0.2, 0.25) is 0 Å². The highest BCUT2D eigenvalue weighted by atomic mass is 16.7. The van der Waals surface area contributed by atoms with Crippen LogP contribution in [0.4, 0.5) is 0 Å². The number of hydroxylamine groups is 2. The molecule has 1 aromatic carbocycles. The minimum Gasteiger partial charge on any atom is -0.497 e. The molecule has 0 spiro atoms. The molecular weight excluding hydrogens is 332 g/mol. The summed E-state index contributed by atoms with van der Waals surface area (Å²) in [5.41, 5.74) is 2.44. The normalized spacial score (nSPS) is 19.2. The van der Waals surface area contributed by atoms with E-state index < -0.39 is 0 Å². The van der Waals surface area contributed by atoms with E-state index in [2.05, 4.69) is 11.1 Å². The number of hydrogen-bond acceptors (Lipinski definition) is 6. The molecule has 26 heavy (non-hydrogen) atoms. The van der Waals surface area contributed by atoms with Crippen LogP contribution in [-0.4, -0.2) is 24.4 Å². The van der Waals surface area contributed by atoms with E-state index in [0.717, 1.165) is 46.9 Å². The summed E-state index contributed by atoms with van der Waals surface area (Å²) in [6.45, 7) is 0.500. The van der Waals surface area contributed by atoms with Gasteiger partial charge in [0.2, 0.25) is 0 Å². The van der Waals surface area contributed by atoms with Gasteiger partial charge in [-0.3, -0.25) is 0 Å². The van der Waals surface area contributed by atoms with Crippen LogP contribution in [0, 0.1) is 12.3 Å². The van der Waals surface area contributed by atoms with E-state index in [9.17, 15) is 0 Å².